The van der Waals surface area contributed by atoms with Gasteiger partial charge < -0.3 is 19.4 Å². The van der Waals surface area contributed by atoms with Gasteiger partial charge in [-0.25, -0.2) is 15.0 Å². The molecule has 0 radical (unpaired) electrons. The number of rotatable bonds is 6. The third-order valence-corrected chi connectivity index (χ3v) is 8.76. The summed E-state index contributed by atoms with van der Waals surface area (Å²) in [5, 5.41) is 1.46. The summed E-state index contributed by atoms with van der Waals surface area (Å²) < 4.78 is 11.0. The van der Waals surface area contributed by atoms with Crippen LogP contribution in [-0.2, 0) is 11.2 Å². The van der Waals surface area contributed by atoms with Crippen LogP contribution in [0.1, 0.15) is 30.7 Å². The molecule has 1 N–H and O–H groups in total. The van der Waals surface area contributed by atoms with Gasteiger partial charge in [0, 0.05) is 31.0 Å². The maximum absolute atomic E-state index is 6.79. The van der Waals surface area contributed by atoms with Crippen LogP contribution in [0.25, 0.3) is 11.0 Å². The van der Waals surface area contributed by atoms with Crippen molar-refractivity contribution in [3.8, 4) is 5.75 Å². The normalized spacial score (nSPS) is 17.2. The number of hydrogen-bond donors (Lipinski definition) is 1. The topological polar surface area (TPSA) is 76.2 Å². The number of nitrogens with zero attached hydrogens (tertiary/aromatic N) is 4. The Morgan fingerprint density at radius 2 is 2.03 bits per heavy atom. The van der Waals surface area contributed by atoms with Gasteiger partial charge in [0.05, 0.1) is 42.2 Å². The fourth-order valence-electron chi connectivity index (χ4n) is 5.11. The largest absolute Gasteiger partial charge is 0.497 e. The van der Waals surface area contributed by atoms with Crippen LogP contribution >= 0.6 is 23.4 Å². The van der Waals surface area contributed by atoms with Gasteiger partial charge in [0.1, 0.15) is 22.4 Å². The summed E-state index contributed by atoms with van der Waals surface area (Å²) in [6, 6.07) is 12.0. The van der Waals surface area contributed by atoms with Gasteiger partial charge in [-0.1, -0.05) is 35.5 Å². The molecular weight excluding hydrogens is 494 g/mol. The predicted molar refractivity (Wildman–Crippen MR) is 142 cm³/mol. The van der Waals surface area contributed by atoms with Crippen LogP contribution in [0.15, 0.2) is 58.7 Å². The third kappa shape index (κ3) is 4.77. The van der Waals surface area contributed by atoms with Crippen molar-refractivity contribution in [2.24, 2.45) is 5.41 Å². The van der Waals surface area contributed by atoms with Crippen molar-refractivity contribution in [1.29, 1.82) is 0 Å². The SMILES string of the molecule is COc1cccc(Cc2nc3ccc(Sc4cnc(N5CCC6(CCOC6)CC5)cn4)c(Cl)c3[nH]2)c1. The van der Waals surface area contributed by atoms with Gasteiger partial charge in [-0.3, -0.25) is 0 Å². The molecule has 1 spiro atoms. The number of aromatic amines is 1. The highest BCUT2D eigenvalue weighted by molar-refractivity contribution is 7.99. The van der Waals surface area contributed by atoms with Crippen LogP contribution < -0.4 is 9.64 Å². The summed E-state index contributed by atoms with van der Waals surface area (Å²) in [6.45, 7) is 3.82. The number of ether oxygens (including phenoxy) is 2. The molecule has 7 nitrogen and oxygen atoms in total. The fourth-order valence-corrected chi connectivity index (χ4v) is 6.19. The number of imidazole rings is 1. The standard InChI is InChI=1S/C27H28ClN5O2S/c1-34-19-4-2-3-18(13-19)14-22-31-20-5-6-21(25(28)26(20)32-22)36-24-16-29-23(15-30-24)33-10-7-27(8-11-33)9-12-35-17-27/h2-6,13,15-16H,7-12,14,17H2,1H3,(H,31,32). The quantitative estimate of drug-likeness (QED) is 0.345. The van der Waals surface area contributed by atoms with Crippen molar-refractivity contribution in [2.45, 2.75) is 35.6 Å². The summed E-state index contributed by atoms with van der Waals surface area (Å²) in [6.07, 6.45) is 7.88. The van der Waals surface area contributed by atoms with E-state index in [-0.39, 0.29) is 0 Å². The van der Waals surface area contributed by atoms with Crippen molar-refractivity contribution in [3.05, 3.63) is 65.2 Å². The summed E-state index contributed by atoms with van der Waals surface area (Å²) in [5.74, 6) is 2.63. The number of hydrogen-bond acceptors (Lipinski definition) is 7. The summed E-state index contributed by atoms with van der Waals surface area (Å²) in [4.78, 5) is 20.8. The van der Waals surface area contributed by atoms with E-state index in [1.54, 1.807) is 7.11 Å². The molecule has 4 heterocycles. The lowest BCUT2D eigenvalue weighted by Gasteiger charge is -2.38. The predicted octanol–water partition coefficient (Wildman–Crippen LogP) is 5.76. The first-order chi connectivity index (χ1) is 17.6. The molecule has 2 aromatic heterocycles. The van der Waals surface area contributed by atoms with Crippen LogP contribution in [0, 0.1) is 5.41 Å². The van der Waals surface area contributed by atoms with E-state index >= 15 is 0 Å². The molecule has 0 aliphatic carbocycles. The minimum atomic E-state index is 0.385. The van der Waals surface area contributed by atoms with Crippen molar-refractivity contribution < 1.29 is 9.47 Å². The van der Waals surface area contributed by atoms with Crippen LogP contribution in [-0.4, -0.2) is 53.3 Å². The Balaban J connectivity index is 1.14. The Labute approximate surface area is 219 Å². The molecular formula is C27H28ClN5O2S. The lowest BCUT2D eigenvalue weighted by atomic mass is 9.78. The second-order valence-electron chi connectivity index (χ2n) is 9.59. The lowest BCUT2D eigenvalue weighted by Crippen LogP contribution is -2.40. The van der Waals surface area contributed by atoms with Gasteiger partial charge in [-0.05, 0) is 54.5 Å². The second kappa shape index (κ2) is 9.92. The zero-order valence-corrected chi connectivity index (χ0v) is 21.7. The zero-order valence-electron chi connectivity index (χ0n) is 20.2. The fraction of sp³-hybridized carbons (Fsp3) is 0.370. The molecule has 0 unspecified atom stereocenters. The molecule has 4 aromatic rings. The van der Waals surface area contributed by atoms with E-state index < -0.39 is 0 Å². The van der Waals surface area contributed by atoms with Gasteiger partial charge in [0.25, 0.3) is 0 Å². The summed E-state index contributed by atoms with van der Waals surface area (Å²) in [5.41, 5.74) is 3.19. The summed E-state index contributed by atoms with van der Waals surface area (Å²) >= 11 is 8.30. The molecule has 0 amide bonds. The molecule has 2 saturated heterocycles. The number of methoxy groups -OCH3 is 1. The first kappa shape index (κ1) is 23.6. The van der Waals surface area contributed by atoms with E-state index in [1.807, 2.05) is 42.7 Å². The van der Waals surface area contributed by atoms with Crippen LogP contribution in [0.2, 0.25) is 5.02 Å². The minimum absolute atomic E-state index is 0.385. The average Bonchev–Trinajstić information content (AvgIpc) is 3.54. The molecule has 36 heavy (non-hydrogen) atoms. The van der Waals surface area contributed by atoms with Gasteiger partial charge >= 0.3 is 0 Å². The number of H-pyrrole nitrogens is 1. The Morgan fingerprint density at radius 1 is 1.14 bits per heavy atom. The van der Waals surface area contributed by atoms with E-state index in [1.165, 1.54) is 18.2 Å². The van der Waals surface area contributed by atoms with E-state index in [4.69, 9.17) is 31.0 Å². The van der Waals surface area contributed by atoms with E-state index in [9.17, 15) is 0 Å². The van der Waals surface area contributed by atoms with Gasteiger partial charge in [-0.2, -0.15) is 0 Å². The number of nitrogens with one attached hydrogen (secondary N) is 1. The molecule has 6 rings (SSSR count). The molecule has 0 atom stereocenters. The molecule has 0 saturated carbocycles. The Bertz CT molecular complexity index is 1360. The van der Waals surface area contributed by atoms with E-state index in [0.717, 1.165) is 83.1 Å². The van der Waals surface area contributed by atoms with Crippen LogP contribution in [0.5, 0.6) is 5.75 Å². The number of fused-ring (bicyclic) bond motifs is 1. The lowest BCUT2D eigenvalue weighted by molar-refractivity contribution is 0.133. The number of piperidine rings is 1. The smallest absolute Gasteiger partial charge is 0.147 e. The number of benzene rings is 2. The minimum Gasteiger partial charge on any atom is -0.497 e. The highest BCUT2D eigenvalue weighted by Gasteiger charge is 2.38. The van der Waals surface area contributed by atoms with Crippen molar-refractivity contribution in [2.75, 3.05) is 38.3 Å². The highest BCUT2D eigenvalue weighted by atomic mass is 35.5. The monoisotopic (exact) mass is 521 g/mol. The second-order valence-corrected chi connectivity index (χ2v) is 11.0. The van der Waals surface area contributed by atoms with Crippen molar-refractivity contribution in [3.63, 3.8) is 0 Å². The molecule has 2 aliphatic heterocycles. The maximum atomic E-state index is 6.79. The molecule has 9 heteroatoms. The average molecular weight is 522 g/mol. The Morgan fingerprint density at radius 3 is 2.78 bits per heavy atom. The third-order valence-electron chi connectivity index (χ3n) is 7.28. The molecule has 2 aromatic carbocycles. The van der Waals surface area contributed by atoms with Gasteiger partial charge in [0.15, 0.2) is 0 Å². The van der Waals surface area contributed by atoms with Gasteiger partial charge in [0.2, 0.25) is 0 Å². The van der Waals surface area contributed by atoms with Crippen molar-refractivity contribution >= 4 is 40.2 Å². The number of halogens is 1. The van der Waals surface area contributed by atoms with E-state index in [0.29, 0.717) is 16.9 Å². The van der Waals surface area contributed by atoms with Crippen LogP contribution in [0.3, 0.4) is 0 Å². The molecule has 2 fully saturated rings. The molecule has 0 bridgehead atoms. The Hall–Kier alpha value is -2.81. The number of aromatic nitrogens is 4. The zero-order chi connectivity index (χ0) is 24.5. The first-order valence-corrected chi connectivity index (χ1v) is 13.4. The van der Waals surface area contributed by atoms with Gasteiger partial charge in [-0.15, -0.1) is 0 Å². The first-order valence-electron chi connectivity index (χ1n) is 12.2. The van der Waals surface area contributed by atoms with E-state index in [2.05, 4.69) is 20.9 Å². The Kier molecular flexibility index (Phi) is 6.50. The molecule has 186 valence electrons. The molecule has 2 aliphatic rings. The highest BCUT2D eigenvalue weighted by Crippen LogP contribution is 2.40. The number of anilines is 1. The van der Waals surface area contributed by atoms with Crippen LogP contribution in [0.4, 0.5) is 5.82 Å². The summed E-state index contributed by atoms with van der Waals surface area (Å²) in [7, 11) is 1.67. The van der Waals surface area contributed by atoms with Crippen molar-refractivity contribution in [1.82, 2.24) is 19.9 Å². The maximum Gasteiger partial charge on any atom is 0.147 e.